The second-order valence-corrected chi connectivity index (χ2v) is 4.85. The first-order valence-corrected chi connectivity index (χ1v) is 5.98. The van der Waals surface area contributed by atoms with Gasteiger partial charge in [0.25, 0.3) is 0 Å². The summed E-state index contributed by atoms with van der Waals surface area (Å²) >= 11 is 0. The molecule has 1 saturated heterocycles. The third-order valence-electron chi connectivity index (χ3n) is 3.62. The minimum atomic E-state index is -0.927. The van der Waals surface area contributed by atoms with E-state index in [0.29, 0.717) is 13.0 Å². The van der Waals surface area contributed by atoms with E-state index >= 15 is 0 Å². The van der Waals surface area contributed by atoms with Crippen molar-refractivity contribution in [2.24, 2.45) is 0 Å². The van der Waals surface area contributed by atoms with E-state index in [1.54, 1.807) is 7.11 Å². The van der Waals surface area contributed by atoms with Gasteiger partial charge in [-0.2, -0.15) is 0 Å². The topological polar surface area (TPSA) is 38.7 Å². The molecule has 2 atom stereocenters. The van der Waals surface area contributed by atoms with Gasteiger partial charge in [0.05, 0.1) is 19.8 Å². The van der Waals surface area contributed by atoms with Crippen molar-refractivity contribution < 1.29 is 14.6 Å². The van der Waals surface area contributed by atoms with Crippen LogP contribution >= 0.6 is 0 Å². The molecule has 1 aromatic carbocycles. The third-order valence-corrected chi connectivity index (χ3v) is 3.62. The number of rotatable bonds is 2. The normalized spacial score (nSPS) is 28.4. The van der Waals surface area contributed by atoms with Crippen molar-refractivity contribution >= 4 is 0 Å². The molecule has 0 saturated carbocycles. The summed E-state index contributed by atoms with van der Waals surface area (Å²) in [6.45, 7) is 6.53. The molecule has 0 bridgehead atoms. The molecule has 17 heavy (non-hydrogen) atoms. The Bertz CT molecular complexity index is 428. The van der Waals surface area contributed by atoms with Crippen molar-refractivity contribution in [3.05, 3.63) is 28.8 Å². The Morgan fingerprint density at radius 2 is 2.12 bits per heavy atom. The fraction of sp³-hybridized carbons (Fsp3) is 0.571. The lowest BCUT2D eigenvalue weighted by Crippen LogP contribution is -2.34. The molecule has 1 aliphatic rings. The van der Waals surface area contributed by atoms with E-state index in [9.17, 15) is 5.11 Å². The summed E-state index contributed by atoms with van der Waals surface area (Å²) in [5.74, 6) is 0.752. The first kappa shape index (κ1) is 12.4. The summed E-state index contributed by atoms with van der Waals surface area (Å²) in [5.41, 5.74) is 2.14. The van der Waals surface area contributed by atoms with Crippen LogP contribution in [0, 0.1) is 13.8 Å². The highest BCUT2D eigenvalue weighted by molar-refractivity contribution is 5.47. The van der Waals surface area contributed by atoms with Crippen LogP contribution in [0.2, 0.25) is 0 Å². The fourth-order valence-electron chi connectivity index (χ4n) is 2.71. The predicted molar refractivity (Wildman–Crippen MR) is 66.4 cm³/mol. The Morgan fingerprint density at radius 3 is 2.65 bits per heavy atom. The summed E-state index contributed by atoms with van der Waals surface area (Å²) in [7, 11) is 1.64. The zero-order valence-electron chi connectivity index (χ0n) is 10.9. The monoisotopic (exact) mass is 236 g/mol. The molecule has 0 spiro atoms. The van der Waals surface area contributed by atoms with Crippen molar-refractivity contribution in [1.82, 2.24) is 0 Å². The Labute approximate surface area is 102 Å². The summed E-state index contributed by atoms with van der Waals surface area (Å²) in [4.78, 5) is 0. The molecule has 1 aromatic rings. The van der Waals surface area contributed by atoms with E-state index in [4.69, 9.17) is 9.47 Å². The van der Waals surface area contributed by atoms with Gasteiger partial charge in [-0.1, -0.05) is 6.07 Å². The van der Waals surface area contributed by atoms with Crippen LogP contribution in [0.25, 0.3) is 0 Å². The molecule has 3 nitrogen and oxygen atoms in total. The average Bonchev–Trinajstić information content (AvgIpc) is 2.58. The van der Waals surface area contributed by atoms with E-state index in [1.165, 1.54) is 0 Å². The lowest BCUT2D eigenvalue weighted by molar-refractivity contribution is -0.0335. The quantitative estimate of drug-likeness (QED) is 0.856. The lowest BCUT2D eigenvalue weighted by Gasteiger charge is -2.30. The molecular formula is C14H20O3. The van der Waals surface area contributed by atoms with E-state index in [1.807, 2.05) is 26.8 Å². The van der Waals surface area contributed by atoms with Crippen LogP contribution in [0.1, 0.15) is 30.0 Å². The summed E-state index contributed by atoms with van der Waals surface area (Å²) in [6, 6.07) is 4.03. The minimum absolute atomic E-state index is 0.196. The van der Waals surface area contributed by atoms with E-state index in [2.05, 4.69) is 6.07 Å². The third kappa shape index (κ3) is 1.94. The van der Waals surface area contributed by atoms with Crippen molar-refractivity contribution in [2.45, 2.75) is 38.9 Å². The number of hydrogen-bond acceptors (Lipinski definition) is 3. The Morgan fingerprint density at radius 1 is 1.41 bits per heavy atom. The molecule has 2 unspecified atom stereocenters. The van der Waals surface area contributed by atoms with Gasteiger partial charge in [0.2, 0.25) is 0 Å². The highest BCUT2D eigenvalue weighted by Crippen LogP contribution is 2.42. The van der Waals surface area contributed by atoms with Crippen LogP contribution in [0.3, 0.4) is 0 Å². The van der Waals surface area contributed by atoms with Crippen LogP contribution in [0.4, 0.5) is 0 Å². The zero-order valence-corrected chi connectivity index (χ0v) is 10.9. The van der Waals surface area contributed by atoms with Crippen LogP contribution < -0.4 is 4.74 Å². The lowest BCUT2D eigenvalue weighted by atomic mass is 9.84. The molecule has 2 rings (SSSR count). The SMILES string of the molecule is COc1cc(C)cc(C)c1C1(O)CCOC1C. The Hall–Kier alpha value is -1.06. The van der Waals surface area contributed by atoms with Crippen LogP contribution in [-0.2, 0) is 10.3 Å². The summed E-state index contributed by atoms with van der Waals surface area (Å²) < 4.78 is 10.9. The van der Waals surface area contributed by atoms with E-state index in [0.717, 1.165) is 22.4 Å². The fourth-order valence-corrected chi connectivity index (χ4v) is 2.71. The van der Waals surface area contributed by atoms with Crippen molar-refractivity contribution in [2.75, 3.05) is 13.7 Å². The molecule has 0 radical (unpaired) electrons. The molecule has 1 fully saturated rings. The molecule has 0 aliphatic carbocycles. The molecular weight excluding hydrogens is 216 g/mol. The number of hydrogen-bond donors (Lipinski definition) is 1. The first-order valence-electron chi connectivity index (χ1n) is 5.98. The van der Waals surface area contributed by atoms with Crippen LogP contribution in [-0.4, -0.2) is 24.9 Å². The molecule has 1 heterocycles. The van der Waals surface area contributed by atoms with Gasteiger partial charge in [-0.05, 0) is 38.0 Å². The second-order valence-electron chi connectivity index (χ2n) is 4.85. The number of ether oxygens (including phenoxy) is 2. The number of aryl methyl sites for hydroxylation is 2. The van der Waals surface area contributed by atoms with Gasteiger partial charge in [0.15, 0.2) is 0 Å². The highest BCUT2D eigenvalue weighted by atomic mass is 16.5. The van der Waals surface area contributed by atoms with Gasteiger partial charge in [-0.15, -0.1) is 0 Å². The highest BCUT2D eigenvalue weighted by Gasteiger charge is 2.44. The van der Waals surface area contributed by atoms with Gasteiger partial charge in [-0.3, -0.25) is 0 Å². The van der Waals surface area contributed by atoms with Gasteiger partial charge in [-0.25, -0.2) is 0 Å². The number of aliphatic hydroxyl groups is 1. The average molecular weight is 236 g/mol. The minimum Gasteiger partial charge on any atom is -0.496 e. The summed E-state index contributed by atoms with van der Waals surface area (Å²) in [5, 5.41) is 10.8. The molecule has 94 valence electrons. The van der Waals surface area contributed by atoms with E-state index < -0.39 is 5.60 Å². The Balaban J connectivity index is 2.58. The van der Waals surface area contributed by atoms with Crippen LogP contribution in [0.5, 0.6) is 5.75 Å². The number of methoxy groups -OCH3 is 1. The van der Waals surface area contributed by atoms with Crippen LogP contribution in [0.15, 0.2) is 12.1 Å². The largest absolute Gasteiger partial charge is 0.496 e. The maximum Gasteiger partial charge on any atom is 0.125 e. The molecule has 0 aromatic heterocycles. The molecule has 3 heteroatoms. The maximum absolute atomic E-state index is 10.8. The zero-order chi connectivity index (χ0) is 12.6. The maximum atomic E-state index is 10.8. The number of benzene rings is 1. The van der Waals surface area contributed by atoms with Gasteiger partial charge < -0.3 is 14.6 Å². The second kappa shape index (κ2) is 4.31. The standard InChI is InChI=1S/C14H20O3/c1-9-7-10(2)13(12(8-9)16-4)14(15)5-6-17-11(14)3/h7-8,11,15H,5-6H2,1-4H3. The van der Waals surface area contributed by atoms with Crippen molar-refractivity contribution in [3.63, 3.8) is 0 Å². The predicted octanol–water partition coefficient (Wildman–Crippen LogP) is 2.31. The van der Waals surface area contributed by atoms with Crippen molar-refractivity contribution in [1.29, 1.82) is 0 Å². The smallest absolute Gasteiger partial charge is 0.125 e. The molecule has 1 aliphatic heterocycles. The van der Waals surface area contributed by atoms with E-state index in [-0.39, 0.29) is 6.10 Å². The Kier molecular flexibility index (Phi) is 3.15. The molecule has 0 amide bonds. The van der Waals surface area contributed by atoms with Gasteiger partial charge >= 0.3 is 0 Å². The first-order chi connectivity index (χ1) is 7.99. The summed E-state index contributed by atoms with van der Waals surface area (Å²) in [6.07, 6.45) is 0.423. The van der Waals surface area contributed by atoms with Gasteiger partial charge in [0.1, 0.15) is 11.4 Å². The molecule has 1 N–H and O–H groups in total. The van der Waals surface area contributed by atoms with Crippen molar-refractivity contribution in [3.8, 4) is 5.75 Å². The van der Waals surface area contributed by atoms with Gasteiger partial charge in [0, 0.05) is 12.0 Å².